The number of hydrogen-bond donors (Lipinski definition) is 1. The molecule has 0 amide bonds. The van der Waals surface area contributed by atoms with Gasteiger partial charge in [-0.15, -0.1) is 0 Å². The Morgan fingerprint density at radius 3 is 2.71 bits per heavy atom. The van der Waals surface area contributed by atoms with Gasteiger partial charge in [-0.25, -0.2) is 0 Å². The van der Waals surface area contributed by atoms with Crippen LogP contribution >= 0.6 is 15.9 Å². The van der Waals surface area contributed by atoms with Crippen molar-refractivity contribution in [2.45, 2.75) is 12.8 Å². The van der Waals surface area contributed by atoms with E-state index in [1.54, 1.807) is 0 Å². The van der Waals surface area contributed by atoms with E-state index in [2.05, 4.69) is 46.3 Å². The Morgan fingerprint density at radius 2 is 2.12 bits per heavy atom. The van der Waals surface area contributed by atoms with Crippen LogP contribution in [0, 0.1) is 11.3 Å². The van der Waals surface area contributed by atoms with Gasteiger partial charge in [-0.2, -0.15) is 5.26 Å². The number of unbranched alkanes of at least 4 members (excludes halogenated alkanes) is 1. The van der Waals surface area contributed by atoms with Crippen LogP contribution < -0.4 is 5.32 Å². The Morgan fingerprint density at radius 1 is 1.35 bits per heavy atom. The molecule has 0 fully saturated rings. The zero-order valence-electron chi connectivity index (χ0n) is 10.3. The minimum absolute atomic E-state index is 0.676. The van der Waals surface area contributed by atoms with E-state index in [9.17, 15) is 0 Å². The van der Waals surface area contributed by atoms with E-state index < -0.39 is 0 Å². The van der Waals surface area contributed by atoms with E-state index in [0.717, 1.165) is 29.7 Å². The van der Waals surface area contributed by atoms with Gasteiger partial charge in [0.25, 0.3) is 0 Å². The van der Waals surface area contributed by atoms with E-state index in [1.165, 1.54) is 6.42 Å². The summed E-state index contributed by atoms with van der Waals surface area (Å²) in [5.41, 5.74) is 1.73. The van der Waals surface area contributed by atoms with Gasteiger partial charge in [-0.05, 0) is 67.6 Å². The Balaban J connectivity index is 2.35. The molecule has 0 unspecified atom stereocenters. The predicted molar refractivity (Wildman–Crippen MR) is 75.1 cm³/mol. The molecular formula is C13H18BrN3. The SMILES string of the molecule is CN(C)CCCCNc1ccc(C#N)cc1Br. The average molecular weight is 296 g/mol. The smallest absolute Gasteiger partial charge is 0.0992 e. The van der Waals surface area contributed by atoms with Gasteiger partial charge >= 0.3 is 0 Å². The van der Waals surface area contributed by atoms with Gasteiger partial charge in [0.15, 0.2) is 0 Å². The quantitative estimate of drug-likeness (QED) is 0.820. The first-order valence-electron chi connectivity index (χ1n) is 5.71. The van der Waals surface area contributed by atoms with E-state index in [0.29, 0.717) is 5.56 Å². The summed E-state index contributed by atoms with van der Waals surface area (Å²) in [5, 5.41) is 12.1. The minimum atomic E-state index is 0.676. The highest BCUT2D eigenvalue weighted by atomic mass is 79.9. The topological polar surface area (TPSA) is 39.1 Å². The van der Waals surface area contributed by atoms with E-state index in [1.807, 2.05) is 18.2 Å². The second kappa shape index (κ2) is 7.31. The molecule has 1 aromatic rings. The zero-order valence-corrected chi connectivity index (χ0v) is 11.9. The normalized spacial score (nSPS) is 10.3. The largest absolute Gasteiger partial charge is 0.384 e. The Kier molecular flexibility index (Phi) is 6.03. The number of rotatable bonds is 6. The maximum Gasteiger partial charge on any atom is 0.0992 e. The lowest BCUT2D eigenvalue weighted by Gasteiger charge is -2.11. The van der Waals surface area contributed by atoms with Crippen molar-refractivity contribution in [3.05, 3.63) is 28.2 Å². The van der Waals surface area contributed by atoms with Crippen LogP contribution in [0.15, 0.2) is 22.7 Å². The van der Waals surface area contributed by atoms with Crippen LogP contribution in [0.4, 0.5) is 5.69 Å². The highest BCUT2D eigenvalue weighted by Crippen LogP contribution is 2.23. The highest BCUT2D eigenvalue weighted by molar-refractivity contribution is 9.10. The lowest BCUT2D eigenvalue weighted by Crippen LogP contribution is -2.14. The maximum atomic E-state index is 8.76. The van der Waals surface area contributed by atoms with E-state index in [-0.39, 0.29) is 0 Å². The molecule has 0 atom stereocenters. The van der Waals surface area contributed by atoms with Crippen molar-refractivity contribution in [2.75, 3.05) is 32.5 Å². The van der Waals surface area contributed by atoms with Crippen molar-refractivity contribution in [3.8, 4) is 6.07 Å². The average Bonchev–Trinajstić information content (AvgIpc) is 2.30. The third kappa shape index (κ3) is 5.20. The van der Waals surface area contributed by atoms with Gasteiger partial charge in [-0.1, -0.05) is 0 Å². The molecule has 0 aromatic heterocycles. The summed E-state index contributed by atoms with van der Waals surface area (Å²) in [6, 6.07) is 7.72. The zero-order chi connectivity index (χ0) is 12.7. The van der Waals surface area contributed by atoms with Crippen LogP contribution in [-0.4, -0.2) is 32.1 Å². The third-order valence-electron chi connectivity index (χ3n) is 2.45. The fourth-order valence-corrected chi connectivity index (χ4v) is 2.02. The molecule has 0 saturated carbocycles. The summed E-state index contributed by atoms with van der Waals surface area (Å²) >= 11 is 3.46. The Hall–Kier alpha value is -1.05. The molecule has 0 spiro atoms. The second-order valence-electron chi connectivity index (χ2n) is 4.24. The molecule has 0 bridgehead atoms. The summed E-state index contributed by atoms with van der Waals surface area (Å²) in [4.78, 5) is 2.19. The van der Waals surface area contributed by atoms with Gasteiger partial charge in [0.2, 0.25) is 0 Å². The van der Waals surface area contributed by atoms with E-state index >= 15 is 0 Å². The van der Waals surface area contributed by atoms with E-state index in [4.69, 9.17) is 5.26 Å². The molecular weight excluding hydrogens is 278 g/mol. The molecule has 0 heterocycles. The lowest BCUT2D eigenvalue weighted by molar-refractivity contribution is 0.396. The number of halogens is 1. The molecule has 1 aromatic carbocycles. The van der Waals surface area contributed by atoms with Gasteiger partial charge < -0.3 is 10.2 Å². The molecule has 4 heteroatoms. The number of nitriles is 1. The van der Waals surface area contributed by atoms with Crippen LogP contribution in [0.2, 0.25) is 0 Å². The number of nitrogens with zero attached hydrogens (tertiary/aromatic N) is 2. The van der Waals surface area contributed by atoms with Crippen LogP contribution in [0.3, 0.4) is 0 Å². The molecule has 1 N–H and O–H groups in total. The van der Waals surface area contributed by atoms with Crippen molar-refractivity contribution in [1.29, 1.82) is 5.26 Å². The van der Waals surface area contributed by atoms with Crippen molar-refractivity contribution in [2.24, 2.45) is 0 Å². The monoisotopic (exact) mass is 295 g/mol. The summed E-state index contributed by atoms with van der Waals surface area (Å²) in [6.45, 7) is 2.08. The number of hydrogen-bond acceptors (Lipinski definition) is 3. The van der Waals surface area contributed by atoms with Crippen molar-refractivity contribution >= 4 is 21.6 Å². The van der Waals surface area contributed by atoms with Gasteiger partial charge in [0.1, 0.15) is 0 Å². The standard InChI is InChI=1S/C13H18BrN3/c1-17(2)8-4-3-7-16-13-6-5-11(10-15)9-12(13)14/h5-6,9,16H,3-4,7-8H2,1-2H3. The van der Waals surface area contributed by atoms with Crippen LogP contribution in [0.25, 0.3) is 0 Å². The summed E-state index contributed by atoms with van der Waals surface area (Å²) in [5.74, 6) is 0. The molecule has 92 valence electrons. The molecule has 0 radical (unpaired) electrons. The third-order valence-corrected chi connectivity index (χ3v) is 3.10. The second-order valence-corrected chi connectivity index (χ2v) is 5.10. The molecule has 17 heavy (non-hydrogen) atoms. The maximum absolute atomic E-state index is 8.76. The number of nitrogens with one attached hydrogen (secondary N) is 1. The lowest BCUT2D eigenvalue weighted by atomic mass is 10.2. The first kappa shape index (κ1) is 14.0. The van der Waals surface area contributed by atoms with Gasteiger partial charge in [0, 0.05) is 16.7 Å². The molecule has 0 aliphatic rings. The molecule has 0 saturated heterocycles. The highest BCUT2D eigenvalue weighted by Gasteiger charge is 2.00. The molecule has 1 rings (SSSR count). The van der Waals surface area contributed by atoms with Gasteiger partial charge in [-0.3, -0.25) is 0 Å². The van der Waals surface area contributed by atoms with Crippen LogP contribution in [0.5, 0.6) is 0 Å². The van der Waals surface area contributed by atoms with Crippen LogP contribution in [-0.2, 0) is 0 Å². The summed E-state index contributed by atoms with van der Waals surface area (Å²) < 4.78 is 0.948. The minimum Gasteiger partial charge on any atom is -0.384 e. The Bertz CT molecular complexity index is 396. The van der Waals surface area contributed by atoms with Crippen molar-refractivity contribution < 1.29 is 0 Å². The van der Waals surface area contributed by atoms with Crippen molar-refractivity contribution in [1.82, 2.24) is 4.90 Å². The fourth-order valence-electron chi connectivity index (χ4n) is 1.50. The van der Waals surface area contributed by atoms with Crippen LogP contribution in [0.1, 0.15) is 18.4 Å². The predicted octanol–water partition coefficient (Wildman–Crippen LogP) is 3.07. The van der Waals surface area contributed by atoms with Crippen molar-refractivity contribution in [3.63, 3.8) is 0 Å². The fraction of sp³-hybridized carbons (Fsp3) is 0.462. The first-order chi connectivity index (χ1) is 8.13. The molecule has 0 aliphatic heterocycles. The molecule has 3 nitrogen and oxygen atoms in total. The number of benzene rings is 1. The number of anilines is 1. The first-order valence-corrected chi connectivity index (χ1v) is 6.51. The molecule has 0 aliphatic carbocycles. The summed E-state index contributed by atoms with van der Waals surface area (Å²) in [6.07, 6.45) is 2.33. The summed E-state index contributed by atoms with van der Waals surface area (Å²) in [7, 11) is 4.18. The van der Waals surface area contributed by atoms with Gasteiger partial charge in [0.05, 0.1) is 11.6 Å². The Labute approximate surface area is 112 Å².